The van der Waals surface area contributed by atoms with E-state index >= 15 is 0 Å². The van der Waals surface area contributed by atoms with E-state index in [1.807, 2.05) is 35.2 Å². The van der Waals surface area contributed by atoms with Gasteiger partial charge in [0.1, 0.15) is 25.0 Å². The zero-order valence-electron chi connectivity index (χ0n) is 15.4. The number of para-hydroxylation sites is 1. The number of nitrogens with one attached hydrogen (secondary N) is 1. The molecular formula is C20H19F3N5O+. The number of imidazole rings is 1. The van der Waals surface area contributed by atoms with Gasteiger partial charge in [-0.15, -0.1) is 0 Å². The first-order valence-electron chi connectivity index (χ1n) is 9.14. The molecule has 1 aliphatic heterocycles. The number of aromatic amines is 1. The number of alkyl halides is 3. The lowest BCUT2D eigenvalue weighted by atomic mass is 10.2. The van der Waals surface area contributed by atoms with Crippen LogP contribution in [0.3, 0.4) is 0 Å². The molecular weight excluding hydrogens is 383 g/mol. The van der Waals surface area contributed by atoms with Gasteiger partial charge in [-0.2, -0.15) is 13.2 Å². The molecule has 1 amide bonds. The van der Waals surface area contributed by atoms with E-state index < -0.39 is 11.7 Å². The van der Waals surface area contributed by atoms with Crippen molar-refractivity contribution in [3.8, 4) is 5.69 Å². The fraction of sp³-hybridized carbons (Fsp3) is 0.250. The molecule has 0 saturated carbocycles. The number of halogens is 3. The van der Waals surface area contributed by atoms with Crippen LogP contribution in [0.2, 0.25) is 0 Å². The second-order valence-corrected chi connectivity index (χ2v) is 6.72. The first-order valence-corrected chi connectivity index (χ1v) is 9.14. The molecule has 6 nitrogen and oxygen atoms in total. The van der Waals surface area contributed by atoms with Gasteiger partial charge in [-0.3, -0.25) is 14.3 Å². The molecule has 0 aliphatic carbocycles. The quantitative estimate of drug-likeness (QED) is 0.677. The molecule has 1 aliphatic rings. The molecule has 1 N–H and O–H groups in total. The van der Waals surface area contributed by atoms with E-state index in [0.29, 0.717) is 37.7 Å². The molecule has 0 radical (unpaired) electrons. The van der Waals surface area contributed by atoms with Crippen molar-refractivity contribution in [1.82, 2.24) is 14.5 Å². The first-order chi connectivity index (χ1) is 13.9. The normalized spacial score (nSPS) is 14.9. The molecule has 4 rings (SSSR count). The molecule has 0 atom stereocenters. The van der Waals surface area contributed by atoms with Crippen LogP contribution >= 0.6 is 0 Å². The highest BCUT2D eigenvalue weighted by Gasteiger charge is 2.33. The number of amides is 1. The minimum atomic E-state index is -4.37. The Labute approximate surface area is 165 Å². The van der Waals surface area contributed by atoms with E-state index in [0.717, 1.165) is 18.0 Å². The van der Waals surface area contributed by atoms with Gasteiger partial charge in [0.25, 0.3) is 11.7 Å². The van der Waals surface area contributed by atoms with Crippen molar-refractivity contribution in [2.24, 2.45) is 0 Å². The Kier molecular flexibility index (Phi) is 4.96. The van der Waals surface area contributed by atoms with Crippen LogP contribution < -0.4 is 9.88 Å². The standard InChI is InChI=1S/C20H18F3N5O/c21-20(22,23)15-6-7-18(25-12-15)26-8-10-27(11-9-26)19(29)17-13-24-14-28(17)16-4-2-1-3-5-16/h1-7,12-14H,8-11H2/p+1. The van der Waals surface area contributed by atoms with Gasteiger partial charge >= 0.3 is 6.18 Å². The van der Waals surface area contributed by atoms with Gasteiger partial charge in [0.15, 0.2) is 0 Å². The second kappa shape index (κ2) is 7.57. The van der Waals surface area contributed by atoms with Crippen molar-refractivity contribution < 1.29 is 22.9 Å². The summed E-state index contributed by atoms with van der Waals surface area (Å²) >= 11 is 0. The van der Waals surface area contributed by atoms with Crippen molar-refractivity contribution in [1.29, 1.82) is 0 Å². The average Bonchev–Trinajstić information content (AvgIpc) is 3.23. The van der Waals surface area contributed by atoms with Crippen molar-refractivity contribution in [3.05, 3.63) is 72.4 Å². The highest BCUT2D eigenvalue weighted by atomic mass is 19.4. The van der Waals surface area contributed by atoms with Crippen LogP contribution in [-0.2, 0) is 6.18 Å². The Morgan fingerprint density at radius 1 is 1.00 bits per heavy atom. The fourth-order valence-corrected chi connectivity index (χ4v) is 3.35. The number of piperazine rings is 1. The van der Waals surface area contributed by atoms with E-state index in [-0.39, 0.29) is 5.91 Å². The maximum absolute atomic E-state index is 13.0. The Bertz CT molecular complexity index is 977. The average molecular weight is 402 g/mol. The van der Waals surface area contributed by atoms with Crippen LogP contribution in [0.15, 0.2) is 61.2 Å². The molecule has 29 heavy (non-hydrogen) atoms. The summed E-state index contributed by atoms with van der Waals surface area (Å²) in [7, 11) is 0. The number of nitrogens with zero attached hydrogens (tertiary/aromatic N) is 4. The molecule has 1 saturated heterocycles. The summed E-state index contributed by atoms with van der Waals surface area (Å²) in [6.07, 6.45) is -0.256. The molecule has 2 aromatic heterocycles. The number of carbonyl (C=O) groups is 1. The zero-order valence-corrected chi connectivity index (χ0v) is 15.4. The van der Waals surface area contributed by atoms with Crippen molar-refractivity contribution >= 4 is 11.7 Å². The minimum absolute atomic E-state index is 0.123. The summed E-state index contributed by atoms with van der Waals surface area (Å²) in [4.78, 5) is 23.4. The number of anilines is 1. The van der Waals surface area contributed by atoms with Gasteiger partial charge in [-0.1, -0.05) is 18.2 Å². The van der Waals surface area contributed by atoms with E-state index in [9.17, 15) is 18.0 Å². The molecule has 150 valence electrons. The molecule has 3 heterocycles. The first kappa shape index (κ1) is 19.0. The third kappa shape index (κ3) is 3.94. The van der Waals surface area contributed by atoms with Crippen molar-refractivity contribution in [2.75, 3.05) is 31.1 Å². The molecule has 3 aromatic rings. The van der Waals surface area contributed by atoms with E-state index in [1.54, 1.807) is 22.0 Å². The lowest BCUT2D eigenvalue weighted by Gasteiger charge is -2.31. The Morgan fingerprint density at radius 2 is 1.72 bits per heavy atom. The van der Waals surface area contributed by atoms with Crippen LogP contribution in [0.1, 0.15) is 16.1 Å². The number of carbonyl (C=O) groups excluding carboxylic acids is 1. The minimum Gasteiger partial charge on any atom is -0.329 e. The Hall–Kier alpha value is -3.36. The summed E-state index contributed by atoms with van der Waals surface area (Å²) in [5, 5.41) is 0. The summed E-state index contributed by atoms with van der Waals surface area (Å²) in [6, 6.07) is 12.0. The Morgan fingerprint density at radius 3 is 2.34 bits per heavy atom. The predicted octanol–water partition coefficient (Wildman–Crippen LogP) is 2.67. The van der Waals surface area contributed by atoms with E-state index in [4.69, 9.17) is 0 Å². The lowest BCUT2D eigenvalue weighted by molar-refractivity contribution is -0.367. The smallest absolute Gasteiger partial charge is 0.329 e. The number of aromatic nitrogens is 3. The van der Waals surface area contributed by atoms with Crippen LogP contribution in [0.5, 0.6) is 0 Å². The zero-order chi connectivity index (χ0) is 20.4. The lowest BCUT2D eigenvalue weighted by Crippen LogP contribution is -2.50. The monoisotopic (exact) mass is 402 g/mol. The topological polar surface area (TPSA) is 55.5 Å². The van der Waals surface area contributed by atoms with Gasteiger partial charge < -0.3 is 4.90 Å². The summed E-state index contributed by atoms with van der Waals surface area (Å²) < 4.78 is 39.9. The third-order valence-electron chi connectivity index (χ3n) is 4.92. The number of rotatable bonds is 3. The van der Waals surface area contributed by atoms with Crippen molar-refractivity contribution in [3.63, 3.8) is 0 Å². The van der Waals surface area contributed by atoms with Crippen LogP contribution in [0.25, 0.3) is 5.69 Å². The van der Waals surface area contributed by atoms with Crippen LogP contribution in [-0.4, -0.2) is 46.5 Å². The number of H-pyrrole nitrogens is 1. The summed E-state index contributed by atoms with van der Waals surface area (Å²) in [5.41, 5.74) is 0.612. The number of hydrogen-bond acceptors (Lipinski definition) is 3. The van der Waals surface area contributed by atoms with Gasteiger partial charge in [-0.25, -0.2) is 9.97 Å². The highest BCUT2D eigenvalue weighted by molar-refractivity contribution is 5.93. The molecule has 9 heteroatoms. The van der Waals surface area contributed by atoms with E-state index in [2.05, 4.69) is 9.97 Å². The van der Waals surface area contributed by atoms with Crippen LogP contribution in [0.4, 0.5) is 19.0 Å². The summed E-state index contributed by atoms with van der Waals surface area (Å²) in [5.74, 6) is 0.474. The summed E-state index contributed by atoms with van der Waals surface area (Å²) in [6.45, 7) is 1.97. The van der Waals surface area contributed by atoms with Gasteiger partial charge in [0.05, 0.1) is 31.2 Å². The maximum atomic E-state index is 13.0. The fourth-order valence-electron chi connectivity index (χ4n) is 3.35. The predicted molar refractivity (Wildman–Crippen MR) is 99.7 cm³/mol. The number of hydrogen-bond donors (Lipinski definition) is 0. The largest absolute Gasteiger partial charge is 0.419 e. The molecule has 1 aromatic carbocycles. The number of pyridine rings is 1. The molecule has 0 unspecified atom stereocenters. The third-order valence-corrected chi connectivity index (χ3v) is 4.92. The van der Waals surface area contributed by atoms with Gasteiger partial charge in [0.2, 0.25) is 0 Å². The van der Waals surface area contributed by atoms with Gasteiger partial charge in [0, 0.05) is 11.8 Å². The van der Waals surface area contributed by atoms with Crippen molar-refractivity contribution in [2.45, 2.75) is 6.18 Å². The highest BCUT2D eigenvalue weighted by Crippen LogP contribution is 2.28. The molecule has 1 fully saturated rings. The second-order valence-electron chi connectivity index (χ2n) is 6.72. The van der Waals surface area contributed by atoms with E-state index in [1.165, 1.54) is 6.07 Å². The molecule has 0 bridgehead atoms. The SMILES string of the molecule is O=C(c1cncn1-c1ccccc1)N1CCN(c2ccc(C(F)(F)F)c[nH+]2)CC1. The maximum Gasteiger partial charge on any atom is 0.419 e. The Balaban J connectivity index is 1.43. The van der Waals surface area contributed by atoms with Crippen LogP contribution in [0, 0.1) is 0 Å². The molecule has 0 spiro atoms. The van der Waals surface area contributed by atoms with Gasteiger partial charge in [-0.05, 0) is 18.2 Å². The number of benzene rings is 1.